The van der Waals surface area contributed by atoms with Crippen LogP contribution in [-0.4, -0.2) is 10.2 Å². The molecule has 20 heavy (non-hydrogen) atoms. The summed E-state index contributed by atoms with van der Waals surface area (Å²) in [4.78, 5) is 0. The topological polar surface area (TPSA) is 51.0 Å². The molecule has 0 unspecified atom stereocenters. The van der Waals surface area contributed by atoms with Gasteiger partial charge in [0.25, 0.3) is 0 Å². The molecule has 4 nitrogen and oxygen atoms in total. The first-order valence-electron chi connectivity index (χ1n) is 6.87. The Morgan fingerprint density at radius 3 is 3.00 bits per heavy atom. The number of rotatable bonds is 6. The van der Waals surface area contributed by atoms with Gasteiger partial charge in [-0.15, -0.1) is 10.2 Å². The molecule has 2 heterocycles. The van der Waals surface area contributed by atoms with Gasteiger partial charge in [-0.1, -0.05) is 42.9 Å². The third kappa shape index (κ3) is 2.67. The minimum atomic E-state index is 0.727. The van der Waals surface area contributed by atoms with Crippen molar-refractivity contribution in [2.45, 2.75) is 32.7 Å². The van der Waals surface area contributed by atoms with Gasteiger partial charge in [0.05, 0.1) is 0 Å². The summed E-state index contributed by atoms with van der Waals surface area (Å²) in [6.07, 6.45) is 3.30. The van der Waals surface area contributed by atoms with Gasteiger partial charge in [-0.2, -0.15) is 0 Å². The maximum Gasteiger partial charge on any atom is 0.205 e. The van der Waals surface area contributed by atoms with Crippen molar-refractivity contribution >= 4 is 27.4 Å². The largest absolute Gasteiger partial charge is 0.461 e. The molecule has 0 saturated heterocycles. The lowest BCUT2D eigenvalue weighted by molar-refractivity contribution is 0.531. The highest BCUT2D eigenvalue weighted by atomic mass is 32.1. The third-order valence-corrected chi connectivity index (χ3v) is 3.96. The van der Waals surface area contributed by atoms with Gasteiger partial charge in [-0.25, -0.2) is 0 Å². The molecule has 0 amide bonds. The quantitative estimate of drug-likeness (QED) is 0.736. The number of benzene rings is 1. The van der Waals surface area contributed by atoms with Crippen molar-refractivity contribution < 1.29 is 4.42 Å². The molecule has 104 valence electrons. The van der Waals surface area contributed by atoms with E-state index < -0.39 is 0 Å². The van der Waals surface area contributed by atoms with E-state index >= 15 is 0 Å². The number of hydrogen-bond donors (Lipinski definition) is 1. The molecule has 0 aliphatic rings. The molecule has 0 aliphatic carbocycles. The van der Waals surface area contributed by atoms with Crippen LogP contribution in [0.5, 0.6) is 0 Å². The Morgan fingerprint density at radius 2 is 2.20 bits per heavy atom. The Hall–Kier alpha value is -1.88. The second-order valence-electron chi connectivity index (χ2n) is 4.70. The molecule has 0 atom stereocenters. The average Bonchev–Trinajstić information content (AvgIpc) is 3.10. The molecule has 0 fully saturated rings. The number of anilines is 1. The van der Waals surface area contributed by atoms with Crippen LogP contribution in [0.15, 0.2) is 34.2 Å². The van der Waals surface area contributed by atoms with E-state index in [0.29, 0.717) is 0 Å². The van der Waals surface area contributed by atoms with Crippen molar-refractivity contribution in [3.05, 3.63) is 41.1 Å². The summed E-state index contributed by atoms with van der Waals surface area (Å²) in [5.74, 6) is 1.09. The Bertz CT molecular complexity index is 676. The predicted molar refractivity (Wildman–Crippen MR) is 82.1 cm³/mol. The number of hydrogen-bond acceptors (Lipinski definition) is 5. The Kier molecular flexibility index (Phi) is 3.97. The zero-order valence-corrected chi connectivity index (χ0v) is 12.2. The molecular weight excluding hydrogens is 270 g/mol. The highest BCUT2D eigenvalue weighted by Gasteiger charge is 2.13. The van der Waals surface area contributed by atoms with Crippen LogP contribution in [-0.2, 0) is 13.0 Å². The first kappa shape index (κ1) is 13.1. The standard InChI is InChI=1S/C15H17N3OS/c1-2-3-7-14-12(9-16-15-18-17-10-20-15)11-6-4-5-8-13(11)19-14/h4-6,8,10H,2-3,7,9H2,1H3,(H,16,18). The molecule has 0 aliphatic heterocycles. The minimum Gasteiger partial charge on any atom is -0.461 e. The van der Waals surface area contributed by atoms with Crippen LogP contribution in [0, 0.1) is 0 Å². The average molecular weight is 287 g/mol. The third-order valence-electron chi connectivity index (χ3n) is 3.32. The van der Waals surface area contributed by atoms with Crippen molar-refractivity contribution in [2.24, 2.45) is 0 Å². The fraction of sp³-hybridized carbons (Fsp3) is 0.333. The Morgan fingerprint density at radius 1 is 1.30 bits per heavy atom. The van der Waals surface area contributed by atoms with Crippen LogP contribution in [0.2, 0.25) is 0 Å². The zero-order valence-electron chi connectivity index (χ0n) is 11.4. The molecule has 0 bridgehead atoms. The summed E-state index contributed by atoms with van der Waals surface area (Å²) in [6, 6.07) is 8.21. The molecule has 0 radical (unpaired) electrons. The number of para-hydroxylation sites is 1. The van der Waals surface area contributed by atoms with Gasteiger partial charge in [-0.3, -0.25) is 0 Å². The van der Waals surface area contributed by atoms with Crippen LogP contribution in [0.4, 0.5) is 5.13 Å². The Balaban J connectivity index is 1.89. The van der Waals surface area contributed by atoms with Gasteiger partial charge in [-0.05, 0) is 12.5 Å². The van der Waals surface area contributed by atoms with E-state index in [9.17, 15) is 0 Å². The van der Waals surface area contributed by atoms with E-state index in [1.165, 1.54) is 28.7 Å². The normalized spacial score (nSPS) is 11.1. The van der Waals surface area contributed by atoms with E-state index in [1.54, 1.807) is 5.51 Å². The fourth-order valence-electron chi connectivity index (χ4n) is 2.30. The number of aryl methyl sites for hydroxylation is 1. The first-order chi connectivity index (χ1) is 9.88. The summed E-state index contributed by atoms with van der Waals surface area (Å²) in [7, 11) is 0. The van der Waals surface area contributed by atoms with Crippen LogP contribution in [0.25, 0.3) is 11.0 Å². The fourth-order valence-corrected chi connectivity index (χ4v) is 2.74. The van der Waals surface area contributed by atoms with E-state index in [2.05, 4.69) is 34.6 Å². The van der Waals surface area contributed by atoms with Gasteiger partial charge < -0.3 is 9.73 Å². The predicted octanol–water partition coefficient (Wildman–Crippen LogP) is 4.24. The lowest BCUT2D eigenvalue weighted by atomic mass is 10.1. The van der Waals surface area contributed by atoms with Crippen LogP contribution < -0.4 is 5.32 Å². The number of furan rings is 1. The second-order valence-corrected chi connectivity index (χ2v) is 5.53. The summed E-state index contributed by atoms with van der Waals surface area (Å²) in [5.41, 5.74) is 3.94. The van der Waals surface area contributed by atoms with Crippen LogP contribution in [0.1, 0.15) is 31.1 Å². The number of nitrogens with one attached hydrogen (secondary N) is 1. The van der Waals surface area contributed by atoms with Crippen molar-refractivity contribution in [3.63, 3.8) is 0 Å². The van der Waals surface area contributed by atoms with E-state index in [1.807, 2.05) is 12.1 Å². The maximum absolute atomic E-state index is 6.00. The summed E-state index contributed by atoms with van der Waals surface area (Å²) in [5, 5.41) is 13.2. The molecular formula is C15H17N3OS. The zero-order chi connectivity index (χ0) is 13.8. The number of fused-ring (bicyclic) bond motifs is 1. The lowest BCUT2D eigenvalue weighted by Crippen LogP contribution is -2.01. The molecule has 0 spiro atoms. The number of aromatic nitrogens is 2. The van der Waals surface area contributed by atoms with Crippen molar-refractivity contribution in [1.29, 1.82) is 0 Å². The Labute approximate surface area is 121 Å². The summed E-state index contributed by atoms with van der Waals surface area (Å²) in [6.45, 7) is 2.92. The molecule has 1 N–H and O–H groups in total. The molecule has 3 aromatic rings. The summed E-state index contributed by atoms with van der Waals surface area (Å²) >= 11 is 1.51. The monoisotopic (exact) mass is 287 g/mol. The molecule has 1 aromatic carbocycles. The van der Waals surface area contributed by atoms with Gasteiger partial charge in [0.15, 0.2) is 0 Å². The molecule has 2 aromatic heterocycles. The van der Waals surface area contributed by atoms with Gasteiger partial charge in [0.2, 0.25) is 5.13 Å². The maximum atomic E-state index is 6.00. The van der Waals surface area contributed by atoms with E-state index in [0.717, 1.165) is 35.9 Å². The molecule has 5 heteroatoms. The lowest BCUT2D eigenvalue weighted by Gasteiger charge is -2.03. The smallest absolute Gasteiger partial charge is 0.205 e. The van der Waals surface area contributed by atoms with Gasteiger partial charge in [0, 0.05) is 23.9 Å². The summed E-state index contributed by atoms with van der Waals surface area (Å²) < 4.78 is 6.00. The molecule has 0 saturated carbocycles. The number of unbranched alkanes of at least 4 members (excludes halogenated alkanes) is 1. The van der Waals surface area contributed by atoms with Crippen molar-refractivity contribution in [3.8, 4) is 0 Å². The van der Waals surface area contributed by atoms with Gasteiger partial charge >= 0.3 is 0 Å². The van der Waals surface area contributed by atoms with E-state index in [4.69, 9.17) is 4.42 Å². The van der Waals surface area contributed by atoms with E-state index in [-0.39, 0.29) is 0 Å². The van der Waals surface area contributed by atoms with Crippen LogP contribution >= 0.6 is 11.3 Å². The van der Waals surface area contributed by atoms with Crippen LogP contribution in [0.3, 0.4) is 0 Å². The van der Waals surface area contributed by atoms with Gasteiger partial charge in [0.1, 0.15) is 16.9 Å². The highest BCUT2D eigenvalue weighted by Crippen LogP contribution is 2.28. The van der Waals surface area contributed by atoms with Crippen molar-refractivity contribution in [1.82, 2.24) is 10.2 Å². The SMILES string of the molecule is CCCCc1oc2ccccc2c1CNc1nncs1. The molecule has 3 rings (SSSR count). The minimum absolute atomic E-state index is 0.727. The van der Waals surface area contributed by atoms with Crippen molar-refractivity contribution in [2.75, 3.05) is 5.32 Å². The first-order valence-corrected chi connectivity index (χ1v) is 7.75. The second kappa shape index (κ2) is 6.05. The number of nitrogens with zero attached hydrogens (tertiary/aromatic N) is 2. The highest BCUT2D eigenvalue weighted by molar-refractivity contribution is 7.13.